The smallest absolute Gasteiger partial charge is 0.335 e. The molecule has 4 aliphatic carbocycles. The summed E-state index contributed by atoms with van der Waals surface area (Å²) < 4.78 is 19.0. The van der Waals surface area contributed by atoms with Gasteiger partial charge in [-0.25, -0.2) is 4.79 Å². The summed E-state index contributed by atoms with van der Waals surface area (Å²) in [6.45, 7) is 3.48. The molecule has 4 N–H and O–H groups in total. The van der Waals surface area contributed by atoms with E-state index in [9.17, 15) is 30.0 Å². The fourth-order valence-electron chi connectivity index (χ4n) is 9.48. The molecule has 0 amide bonds. The molecule has 5 aliphatic rings. The molecule has 10 atom stereocenters. The van der Waals surface area contributed by atoms with Gasteiger partial charge in [-0.3, -0.25) is 4.79 Å². The van der Waals surface area contributed by atoms with Crippen LogP contribution >= 0.6 is 0 Å². The largest absolute Gasteiger partial charge is 0.478 e. The number of hydrogen-bond acceptors (Lipinski definition) is 8. The maximum Gasteiger partial charge on any atom is 0.335 e. The van der Waals surface area contributed by atoms with Gasteiger partial charge in [0, 0.05) is 22.3 Å². The molecule has 2 aromatic rings. The van der Waals surface area contributed by atoms with Gasteiger partial charge in [-0.05, 0) is 67.9 Å². The second kappa shape index (κ2) is 10.4. The van der Waals surface area contributed by atoms with Crippen molar-refractivity contribution >= 4 is 11.8 Å². The summed E-state index contributed by atoms with van der Waals surface area (Å²) in [7, 11) is 0. The van der Waals surface area contributed by atoms with Crippen molar-refractivity contribution in [2.75, 3.05) is 6.61 Å². The number of Topliss-reactive ketones (excluding diaryl/α,β-unsaturated/α-hetero) is 1. The summed E-state index contributed by atoms with van der Waals surface area (Å²) in [4.78, 5) is 25.0. The van der Waals surface area contributed by atoms with E-state index in [0.29, 0.717) is 29.9 Å². The first-order valence-corrected chi connectivity index (χ1v) is 15.4. The van der Waals surface area contributed by atoms with E-state index in [1.54, 1.807) is 42.5 Å². The normalized spacial score (nSPS) is 40.3. The lowest BCUT2D eigenvalue weighted by Crippen LogP contribution is -2.63. The van der Waals surface area contributed by atoms with Crippen LogP contribution in [-0.4, -0.2) is 62.7 Å². The maximum absolute atomic E-state index is 13.7. The maximum atomic E-state index is 13.7. The molecule has 9 heteroatoms. The van der Waals surface area contributed by atoms with Crippen molar-refractivity contribution < 1.29 is 44.2 Å². The summed E-state index contributed by atoms with van der Waals surface area (Å²) in [5, 5.41) is 41.5. The second-order valence-electron chi connectivity index (χ2n) is 13.5. The molecule has 1 saturated heterocycles. The number of benzene rings is 2. The summed E-state index contributed by atoms with van der Waals surface area (Å²) in [6.07, 6.45) is 5.56. The third-order valence-corrected chi connectivity index (χ3v) is 11.4. The first kappa shape index (κ1) is 29.4. The van der Waals surface area contributed by atoms with E-state index in [0.717, 1.165) is 18.4 Å². The molecule has 0 bridgehead atoms. The second-order valence-corrected chi connectivity index (χ2v) is 13.5. The van der Waals surface area contributed by atoms with Crippen molar-refractivity contribution in [3.05, 3.63) is 83.5 Å². The van der Waals surface area contributed by atoms with Gasteiger partial charge in [0.2, 0.25) is 0 Å². The zero-order valence-electron chi connectivity index (χ0n) is 24.8. The van der Waals surface area contributed by atoms with E-state index in [1.165, 1.54) is 12.1 Å². The van der Waals surface area contributed by atoms with Crippen LogP contribution in [0, 0.1) is 28.6 Å². The molecule has 4 fully saturated rings. The summed E-state index contributed by atoms with van der Waals surface area (Å²) >= 11 is 0. The third kappa shape index (κ3) is 4.17. The number of carbonyl (C=O) groups excluding carboxylic acids is 1. The predicted molar refractivity (Wildman–Crippen MR) is 158 cm³/mol. The van der Waals surface area contributed by atoms with Crippen molar-refractivity contribution in [2.24, 2.45) is 28.6 Å². The molecule has 1 heterocycles. The van der Waals surface area contributed by atoms with Gasteiger partial charge in [0.25, 0.3) is 0 Å². The van der Waals surface area contributed by atoms with E-state index in [1.807, 2.05) is 13.0 Å². The molecule has 232 valence electrons. The lowest BCUT2D eigenvalue weighted by molar-refractivity contribution is -0.201. The van der Waals surface area contributed by atoms with Crippen LogP contribution in [0.4, 0.5) is 0 Å². The number of allylic oxidation sites excluding steroid dienone is 2. The van der Waals surface area contributed by atoms with Gasteiger partial charge in [-0.2, -0.15) is 0 Å². The molecular weight excluding hydrogens is 564 g/mol. The SMILES string of the molecule is C[C@]12C=CC(O)C=C1CC[C@@H]1[C@@H]2[C@@H](O)C[C@@]2(C)[C@H]1C[C@H]1O[C@H](c3ccc(Oc4cccc(C(=O)O)c4)cc3)O[C@]12C(=O)CO. The van der Waals surface area contributed by atoms with Crippen LogP contribution in [-0.2, 0) is 14.3 Å². The van der Waals surface area contributed by atoms with Crippen LogP contribution < -0.4 is 4.74 Å². The van der Waals surface area contributed by atoms with Gasteiger partial charge >= 0.3 is 5.97 Å². The van der Waals surface area contributed by atoms with Crippen LogP contribution in [0.1, 0.15) is 61.7 Å². The Morgan fingerprint density at radius 2 is 1.84 bits per heavy atom. The van der Waals surface area contributed by atoms with Crippen molar-refractivity contribution in [1.29, 1.82) is 0 Å². The lowest BCUT2D eigenvalue weighted by Gasteiger charge is -2.60. The van der Waals surface area contributed by atoms with Crippen LogP contribution in [0.15, 0.2) is 72.3 Å². The molecule has 44 heavy (non-hydrogen) atoms. The van der Waals surface area contributed by atoms with Gasteiger partial charge in [0.15, 0.2) is 17.7 Å². The van der Waals surface area contributed by atoms with Gasteiger partial charge in [0.1, 0.15) is 18.1 Å². The topological polar surface area (TPSA) is 143 Å². The molecule has 0 aromatic heterocycles. The quantitative estimate of drug-likeness (QED) is 0.350. The Kier molecular flexibility index (Phi) is 6.91. The molecule has 1 aliphatic heterocycles. The van der Waals surface area contributed by atoms with E-state index in [2.05, 4.69) is 13.0 Å². The summed E-state index contributed by atoms with van der Waals surface area (Å²) in [5.41, 5.74) is -0.596. The lowest BCUT2D eigenvalue weighted by atomic mass is 9.46. The highest BCUT2D eigenvalue weighted by molar-refractivity contribution is 5.91. The number of carboxylic acid groups (broad SMARTS) is 1. The number of carboxylic acids is 1. The third-order valence-electron chi connectivity index (χ3n) is 11.4. The Bertz CT molecular complexity index is 1550. The van der Waals surface area contributed by atoms with Gasteiger partial charge in [-0.1, -0.05) is 55.8 Å². The number of hydrogen-bond donors (Lipinski definition) is 4. The van der Waals surface area contributed by atoms with Crippen LogP contribution in [0.3, 0.4) is 0 Å². The highest BCUT2D eigenvalue weighted by Crippen LogP contribution is 2.70. The molecule has 0 spiro atoms. The van der Waals surface area contributed by atoms with E-state index in [-0.39, 0.29) is 28.7 Å². The number of aromatic carboxylic acids is 1. The number of aliphatic hydroxyl groups excluding tert-OH is 3. The average molecular weight is 603 g/mol. The molecular formula is C35H38O9. The van der Waals surface area contributed by atoms with Crippen molar-refractivity contribution in [3.8, 4) is 11.5 Å². The standard InChI is InChI=1S/C35H38O9/c1-33-13-12-22(37)15-21(33)8-11-25-26-16-29-35(28(39)18-36,34(26,2)17-27(38)30(25)33)44-32(43-29)19-6-9-23(10-7-19)42-24-5-3-4-20(14-24)31(40)41/h3-7,9-10,12-15,22,25-27,29-30,32,36-38H,8,11,16-18H2,1-2H3,(H,40,41)/t22?,25-,26-,27-,29+,30+,32-,33-,34-,35+/m0/s1. The van der Waals surface area contributed by atoms with Crippen LogP contribution in [0.5, 0.6) is 11.5 Å². The summed E-state index contributed by atoms with van der Waals surface area (Å²) in [6, 6.07) is 13.2. The number of ether oxygens (including phenoxy) is 3. The van der Waals surface area contributed by atoms with E-state index in [4.69, 9.17) is 14.2 Å². The molecule has 9 nitrogen and oxygen atoms in total. The monoisotopic (exact) mass is 602 g/mol. The average Bonchev–Trinajstić information content (AvgIpc) is 3.50. The fourth-order valence-corrected chi connectivity index (χ4v) is 9.48. The Hall–Kier alpha value is -3.34. The zero-order valence-corrected chi connectivity index (χ0v) is 24.8. The fraction of sp³-hybridized carbons (Fsp3) is 0.486. The van der Waals surface area contributed by atoms with Gasteiger partial charge < -0.3 is 34.6 Å². The van der Waals surface area contributed by atoms with Gasteiger partial charge in [0.05, 0.1) is 23.9 Å². The van der Waals surface area contributed by atoms with Crippen molar-refractivity contribution in [2.45, 2.75) is 69.7 Å². The minimum atomic E-state index is -1.41. The van der Waals surface area contributed by atoms with E-state index < -0.39 is 54.0 Å². The minimum absolute atomic E-state index is 0.0355. The number of rotatable bonds is 6. The Morgan fingerprint density at radius 3 is 2.57 bits per heavy atom. The number of aliphatic hydroxyl groups is 3. The Labute approximate surface area is 255 Å². The van der Waals surface area contributed by atoms with Gasteiger partial charge in [-0.15, -0.1) is 0 Å². The number of fused-ring (bicyclic) bond motifs is 7. The highest BCUT2D eigenvalue weighted by atomic mass is 16.7. The first-order chi connectivity index (χ1) is 21.0. The van der Waals surface area contributed by atoms with Crippen molar-refractivity contribution in [3.63, 3.8) is 0 Å². The first-order valence-electron chi connectivity index (χ1n) is 15.4. The van der Waals surface area contributed by atoms with E-state index >= 15 is 0 Å². The van der Waals surface area contributed by atoms with Crippen molar-refractivity contribution in [1.82, 2.24) is 0 Å². The predicted octanol–water partition coefficient (Wildman–Crippen LogP) is 4.57. The number of ketones is 1. The molecule has 1 unspecified atom stereocenters. The minimum Gasteiger partial charge on any atom is -0.478 e. The van der Waals surface area contributed by atoms with Crippen LogP contribution in [0.25, 0.3) is 0 Å². The highest BCUT2D eigenvalue weighted by Gasteiger charge is 2.75. The molecule has 7 rings (SSSR count). The number of carbonyl (C=O) groups is 2. The molecule has 2 aromatic carbocycles. The zero-order chi connectivity index (χ0) is 31.0. The molecule has 0 radical (unpaired) electrons. The summed E-state index contributed by atoms with van der Waals surface area (Å²) in [5.74, 6) is -0.506. The molecule has 3 saturated carbocycles. The Balaban J connectivity index is 1.16. The Morgan fingerprint density at radius 1 is 1.07 bits per heavy atom. The van der Waals surface area contributed by atoms with Crippen LogP contribution in [0.2, 0.25) is 0 Å².